The number of hydrogen-bond donors (Lipinski definition) is 3. The number of fused-ring (bicyclic) bond motifs is 1. The second kappa shape index (κ2) is 10.1. The minimum Gasteiger partial charge on any atom is -0.497 e. The van der Waals surface area contributed by atoms with Gasteiger partial charge in [0, 0.05) is 31.2 Å². The number of hydrazine groups is 1. The quantitative estimate of drug-likeness (QED) is 0.482. The average Bonchev–Trinajstić information content (AvgIpc) is 3.19. The van der Waals surface area contributed by atoms with Crippen LogP contribution in [0.15, 0.2) is 53.6 Å². The Kier molecular flexibility index (Phi) is 7.02. The Balaban J connectivity index is 1.48. The molecule has 0 spiro atoms. The number of carbonyl (C=O) groups excluding carboxylic acids is 1. The highest BCUT2D eigenvalue weighted by molar-refractivity contribution is 5.93. The van der Waals surface area contributed by atoms with E-state index in [9.17, 15) is 9.59 Å². The molecular formula is C24H29N5O4. The number of ether oxygens (including phenoxy) is 2. The first kappa shape index (κ1) is 22.9. The fourth-order valence-corrected chi connectivity index (χ4v) is 4.17. The summed E-state index contributed by atoms with van der Waals surface area (Å²) in [4.78, 5) is 30.0. The minimum absolute atomic E-state index is 0.00885. The first-order valence-electron chi connectivity index (χ1n) is 10.9. The lowest BCUT2D eigenvalue weighted by Gasteiger charge is -2.21. The standard InChI is InChI=1S/C24H29N5O4/c1-15-19(23(28-27-15)16-4-7-18(33-3)8-5-16)13-22(30)26-17-6-9-21-20(12-17)24(31)29(14-25-21)10-11-32-2/h4-9,12,14-15,19,23,27-28H,10-11,13H2,1-3H3,(H,26,30). The van der Waals surface area contributed by atoms with Crippen molar-refractivity contribution in [2.24, 2.45) is 5.92 Å². The Bertz CT molecular complexity index is 1180. The van der Waals surface area contributed by atoms with Crippen LogP contribution in [0.3, 0.4) is 0 Å². The van der Waals surface area contributed by atoms with Crippen LogP contribution in [0.25, 0.3) is 10.9 Å². The van der Waals surface area contributed by atoms with E-state index in [-0.39, 0.29) is 29.5 Å². The Labute approximate surface area is 192 Å². The molecule has 1 fully saturated rings. The summed E-state index contributed by atoms with van der Waals surface area (Å²) in [7, 11) is 3.22. The molecule has 1 amide bonds. The molecule has 1 saturated heterocycles. The van der Waals surface area contributed by atoms with Crippen molar-refractivity contribution in [1.82, 2.24) is 20.4 Å². The Hall–Kier alpha value is -3.27. The molecule has 3 N–H and O–H groups in total. The normalized spacial score (nSPS) is 20.2. The van der Waals surface area contributed by atoms with Crippen LogP contribution in [0.5, 0.6) is 5.75 Å². The molecular weight excluding hydrogens is 422 g/mol. The number of anilines is 1. The van der Waals surface area contributed by atoms with Gasteiger partial charge in [-0.2, -0.15) is 0 Å². The molecule has 4 rings (SSSR count). The Morgan fingerprint density at radius 2 is 1.94 bits per heavy atom. The fraction of sp³-hybridized carbons (Fsp3) is 0.375. The van der Waals surface area contributed by atoms with E-state index >= 15 is 0 Å². The maximum absolute atomic E-state index is 12.9. The summed E-state index contributed by atoms with van der Waals surface area (Å²) in [5.41, 5.74) is 8.63. The van der Waals surface area contributed by atoms with Crippen molar-refractivity contribution in [3.8, 4) is 5.75 Å². The van der Waals surface area contributed by atoms with E-state index in [2.05, 4.69) is 28.1 Å². The van der Waals surface area contributed by atoms with Crippen molar-refractivity contribution in [2.75, 3.05) is 26.1 Å². The summed E-state index contributed by atoms with van der Waals surface area (Å²) in [6.07, 6.45) is 1.84. The minimum atomic E-state index is -0.162. The molecule has 0 radical (unpaired) electrons. The second-order valence-electron chi connectivity index (χ2n) is 8.21. The largest absolute Gasteiger partial charge is 0.497 e. The molecule has 1 aromatic heterocycles. The van der Waals surface area contributed by atoms with Crippen molar-refractivity contribution in [3.05, 3.63) is 64.7 Å². The second-order valence-corrected chi connectivity index (χ2v) is 8.21. The van der Waals surface area contributed by atoms with Crippen LogP contribution in [-0.4, -0.2) is 42.3 Å². The summed E-state index contributed by atoms with van der Waals surface area (Å²) in [5, 5.41) is 3.40. The predicted octanol–water partition coefficient (Wildman–Crippen LogP) is 2.23. The summed E-state index contributed by atoms with van der Waals surface area (Å²) >= 11 is 0. The molecule has 1 aliphatic rings. The van der Waals surface area contributed by atoms with Gasteiger partial charge in [-0.15, -0.1) is 0 Å². The van der Waals surface area contributed by atoms with Crippen molar-refractivity contribution < 1.29 is 14.3 Å². The zero-order valence-electron chi connectivity index (χ0n) is 19.0. The maximum atomic E-state index is 12.9. The molecule has 3 aromatic rings. The Morgan fingerprint density at radius 3 is 2.67 bits per heavy atom. The van der Waals surface area contributed by atoms with E-state index in [1.54, 1.807) is 32.4 Å². The van der Waals surface area contributed by atoms with Crippen molar-refractivity contribution in [1.29, 1.82) is 0 Å². The zero-order chi connectivity index (χ0) is 23.4. The summed E-state index contributed by atoms with van der Waals surface area (Å²) < 4.78 is 11.8. The number of nitrogens with one attached hydrogen (secondary N) is 3. The van der Waals surface area contributed by atoms with Crippen molar-refractivity contribution in [2.45, 2.75) is 32.0 Å². The molecule has 0 aliphatic carbocycles. The highest BCUT2D eigenvalue weighted by atomic mass is 16.5. The molecule has 0 saturated carbocycles. The van der Waals surface area contributed by atoms with Gasteiger partial charge in [0.1, 0.15) is 5.75 Å². The van der Waals surface area contributed by atoms with E-state index in [0.717, 1.165) is 11.3 Å². The van der Waals surface area contributed by atoms with Gasteiger partial charge >= 0.3 is 0 Å². The molecule has 9 heteroatoms. The third-order valence-electron chi connectivity index (χ3n) is 6.08. The third kappa shape index (κ3) is 5.05. The van der Waals surface area contributed by atoms with Crippen molar-refractivity contribution >= 4 is 22.5 Å². The van der Waals surface area contributed by atoms with Crippen LogP contribution in [0.2, 0.25) is 0 Å². The number of amides is 1. The first-order valence-corrected chi connectivity index (χ1v) is 10.9. The van der Waals surface area contributed by atoms with Crippen LogP contribution in [0, 0.1) is 5.92 Å². The van der Waals surface area contributed by atoms with Gasteiger partial charge in [-0.25, -0.2) is 10.4 Å². The lowest BCUT2D eigenvalue weighted by molar-refractivity contribution is -0.117. The number of benzene rings is 2. The monoisotopic (exact) mass is 451 g/mol. The Morgan fingerprint density at radius 1 is 1.15 bits per heavy atom. The van der Waals surface area contributed by atoms with Crippen LogP contribution < -0.4 is 26.5 Å². The molecule has 9 nitrogen and oxygen atoms in total. The molecule has 1 aliphatic heterocycles. The molecule has 174 valence electrons. The van der Waals surface area contributed by atoms with Gasteiger partial charge in [0.25, 0.3) is 5.56 Å². The van der Waals surface area contributed by atoms with E-state index in [1.165, 1.54) is 10.9 Å². The van der Waals surface area contributed by atoms with Crippen LogP contribution in [-0.2, 0) is 16.1 Å². The fourth-order valence-electron chi connectivity index (χ4n) is 4.17. The average molecular weight is 452 g/mol. The summed E-state index contributed by atoms with van der Waals surface area (Å²) in [6.45, 7) is 2.89. The summed E-state index contributed by atoms with van der Waals surface area (Å²) in [6, 6.07) is 13.1. The molecule has 3 unspecified atom stereocenters. The molecule has 2 aromatic carbocycles. The third-order valence-corrected chi connectivity index (χ3v) is 6.08. The van der Waals surface area contributed by atoms with E-state index in [4.69, 9.17) is 9.47 Å². The molecule has 3 atom stereocenters. The number of nitrogens with zero attached hydrogens (tertiary/aromatic N) is 2. The number of aromatic nitrogens is 2. The van der Waals surface area contributed by atoms with Gasteiger partial charge in [0.15, 0.2) is 0 Å². The molecule has 2 heterocycles. The molecule has 33 heavy (non-hydrogen) atoms. The first-order chi connectivity index (χ1) is 16.0. The number of rotatable bonds is 8. The number of carbonyl (C=O) groups is 1. The van der Waals surface area contributed by atoms with Gasteiger partial charge in [-0.05, 0) is 42.8 Å². The van der Waals surface area contributed by atoms with Crippen LogP contribution in [0.4, 0.5) is 5.69 Å². The number of methoxy groups -OCH3 is 2. The zero-order valence-corrected chi connectivity index (χ0v) is 19.0. The van der Waals surface area contributed by atoms with Gasteiger partial charge in [-0.1, -0.05) is 12.1 Å². The highest BCUT2D eigenvalue weighted by Gasteiger charge is 2.35. The van der Waals surface area contributed by atoms with Gasteiger partial charge < -0.3 is 14.8 Å². The predicted molar refractivity (Wildman–Crippen MR) is 126 cm³/mol. The van der Waals surface area contributed by atoms with Gasteiger partial charge in [0.05, 0.1) is 43.5 Å². The maximum Gasteiger partial charge on any atom is 0.261 e. The lowest BCUT2D eigenvalue weighted by atomic mass is 9.87. The van der Waals surface area contributed by atoms with Gasteiger partial charge in [0.2, 0.25) is 5.91 Å². The van der Waals surface area contributed by atoms with Crippen LogP contribution in [0.1, 0.15) is 24.9 Å². The summed E-state index contributed by atoms with van der Waals surface area (Å²) in [5.74, 6) is 0.727. The number of hydrogen-bond acceptors (Lipinski definition) is 7. The van der Waals surface area contributed by atoms with E-state index in [1.807, 2.05) is 24.3 Å². The topological polar surface area (TPSA) is 107 Å². The molecule has 0 bridgehead atoms. The van der Waals surface area contributed by atoms with Crippen LogP contribution >= 0.6 is 0 Å². The highest BCUT2D eigenvalue weighted by Crippen LogP contribution is 2.32. The van der Waals surface area contributed by atoms with Gasteiger partial charge in [-0.3, -0.25) is 19.6 Å². The van der Waals surface area contributed by atoms with Crippen molar-refractivity contribution in [3.63, 3.8) is 0 Å². The van der Waals surface area contributed by atoms with E-state index in [0.29, 0.717) is 36.2 Å². The lowest BCUT2D eigenvalue weighted by Crippen LogP contribution is -2.29. The SMILES string of the molecule is COCCn1cnc2ccc(NC(=O)CC3C(C)NNC3c3ccc(OC)cc3)cc2c1=O. The van der Waals surface area contributed by atoms with E-state index < -0.39 is 0 Å². The smallest absolute Gasteiger partial charge is 0.261 e.